The van der Waals surface area contributed by atoms with Crippen LogP contribution in [0.4, 0.5) is 0 Å². The van der Waals surface area contributed by atoms with Crippen molar-refractivity contribution in [1.82, 2.24) is 5.32 Å². The first kappa shape index (κ1) is 23.5. The molecule has 0 bridgehead atoms. The smallest absolute Gasteiger partial charge is 0.338 e. The summed E-state index contributed by atoms with van der Waals surface area (Å²) in [7, 11) is 1.33. The first-order valence-corrected chi connectivity index (χ1v) is 11.3. The summed E-state index contributed by atoms with van der Waals surface area (Å²) < 4.78 is 11.4. The van der Waals surface area contributed by atoms with Crippen molar-refractivity contribution in [3.63, 3.8) is 0 Å². The maximum atomic E-state index is 12.5. The number of nitrogens with one attached hydrogen (secondary N) is 1. The van der Waals surface area contributed by atoms with Crippen molar-refractivity contribution in [3.8, 4) is 5.75 Å². The van der Waals surface area contributed by atoms with E-state index in [4.69, 9.17) is 9.47 Å². The number of halogens is 1. The largest absolute Gasteiger partial charge is 0.494 e. The minimum absolute atomic E-state index is 0.218. The van der Waals surface area contributed by atoms with E-state index in [2.05, 4.69) is 45.5 Å². The molecule has 3 aromatic rings. The van der Waals surface area contributed by atoms with Crippen molar-refractivity contribution in [3.05, 3.63) is 99.5 Å². The number of rotatable bonds is 10. The van der Waals surface area contributed by atoms with Crippen LogP contribution < -0.4 is 10.1 Å². The average Bonchev–Trinajstić information content (AvgIpc) is 2.83. The van der Waals surface area contributed by atoms with Crippen LogP contribution in [0.5, 0.6) is 5.75 Å². The number of methoxy groups -OCH3 is 1. The van der Waals surface area contributed by atoms with Crippen molar-refractivity contribution in [2.75, 3.05) is 13.7 Å². The molecule has 0 unspecified atom stereocenters. The van der Waals surface area contributed by atoms with Crippen LogP contribution >= 0.6 is 15.9 Å². The topological polar surface area (TPSA) is 64.6 Å². The molecule has 0 atom stereocenters. The Bertz CT molecular complexity index is 1040. The first-order chi connectivity index (χ1) is 15.6. The van der Waals surface area contributed by atoms with Crippen LogP contribution in [0.3, 0.4) is 0 Å². The van der Waals surface area contributed by atoms with Gasteiger partial charge in [0.05, 0.1) is 19.3 Å². The molecule has 0 aliphatic rings. The highest BCUT2D eigenvalue weighted by Gasteiger charge is 2.14. The molecule has 0 spiro atoms. The van der Waals surface area contributed by atoms with Crippen molar-refractivity contribution in [2.24, 2.45) is 0 Å². The molecule has 0 fully saturated rings. The number of amides is 1. The van der Waals surface area contributed by atoms with Crippen LogP contribution in [0, 0.1) is 0 Å². The Morgan fingerprint density at radius 1 is 0.938 bits per heavy atom. The van der Waals surface area contributed by atoms with E-state index >= 15 is 0 Å². The number of esters is 1. The molecule has 1 amide bonds. The standard InChI is InChI=1S/C26H26BrNO4/c1-31-26(30)24-17-22(27)13-10-21(24)18-28-25(29)20-11-14-23(15-12-20)32-16-6-5-9-19-7-3-2-4-8-19/h2-4,7-8,10-15,17H,5-6,9,16,18H2,1H3,(H,28,29). The lowest BCUT2D eigenvalue weighted by molar-refractivity contribution is 0.0598. The summed E-state index contributed by atoms with van der Waals surface area (Å²) in [6, 6.07) is 22.8. The molecule has 0 aromatic heterocycles. The molecule has 0 radical (unpaired) electrons. The highest BCUT2D eigenvalue weighted by atomic mass is 79.9. The number of unbranched alkanes of at least 4 members (excludes halogenated alkanes) is 1. The van der Waals surface area contributed by atoms with Gasteiger partial charge in [-0.05, 0) is 66.8 Å². The van der Waals surface area contributed by atoms with Crippen LogP contribution in [0.1, 0.15) is 44.7 Å². The van der Waals surface area contributed by atoms with Gasteiger partial charge < -0.3 is 14.8 Å². The van der Waals surface area contributed by atoms with Crippen molar-refractivity contribution in [2.45, 2.75) is 25.8 Å². The van der Waals surface area contributed by atoms with Gasteiger partial charge in [-0.2, -0.15) is 0 Å². The predicted octanol–water partition coefficient (Wildman–Crippen LogP) is 5.57. The zero-order chi connectivity index (χ0) is 22.8. The third-order valence-electron chi connectivity index (χ3n) is 5.00. The van der Waals surface area contributed by atoms with Crippen LogP contribution in [0.2, 0.25) is 0 Å². The first-order valence-electron chi connectivity index (χ1n) is 10.5. The molecule has 5 nitrogen and oxygen atoms in total. The second-order valence-electron chi connectivity index (χ2n) is 7.29. The van der Waals surface area contributed by atoms with Crippen molar-refractivity contribution in [1.29, 1.82) is 0 Å². The highest BCUT2D eigenvalue weighted by Crippen LogP contribution is 2.18. The molecule has 3 aromatic carbocycles. The highest BCUT2D eigenvalue weighted by molar-refractivity contribution is 9.10. The fraction of sp³-hybridized carbons (Fsp3) is 0.231. The Kier molecular flexibility index (Phi) is 8.87. The number of hydrogen-bond acceptors (Lipinski definition) is 4. The van der Waals surface area contributed by atoms with E-state index in [1.54, 1.807) is 36.4 Å². The van der Waals surface area contributed by atoms with Crippen LogP contribution in [-0.4, -0.2) is 25.6 Å². The number of hydrogen-bond donors (Lipinski definition) is 1. The number of aryl methyl sites for hydroxylation is 1. The Labute approximate surface area is 196 Å². The number of benzene rings is 3. The van der Waals surface area contributed by atoms with E-state index in [1.807, 2.05) is 12.1 Å². The summed E-state index contributed by atoms with van der Waals surface area (Å²) in [5, 5.41) is 2.85. The lowest BCUT2D eigenvalue weighted by Gasteiger charge is -2.11. The molecule has 6 heteroatoms. The van der Waals surface area contributed by atoms with Gasteiger partial charge in [0, 0.05) is 16.6 Å². The van der Waals surface area contributed by atoms with Crippen LogP contribution in [0.25, 0.3) is 0 Å². The van der Waals surface area contributed by atoms with E-state index < -0.39 is 5.97 Å². The van der Waals surface area contributed by atoms with Crippen molar-refractivity contribution < 1.29 is 19.1 Å². The zero-order valence-electron chi connectivity index (χ0n) is 18.0. The molecule has 3 rings (SSSR count). The molecule has 0 saturated carbocycles. The quantitative estimate of drug-likeness (QED) is 0.295. The molecule has 0 saturated heterocycles. The molecular weight excluding hydrogens is 470 g/mol. The van der Waals surface area contributed by atoms with Gasteiger partial charge in [-0.1, -0.05) is 52.3 Å². The van der Waals surface area contributed by atoms with Crippen molar-refractivity contribution >= 4 is 27.8 Å². The molecule has 1 N–H and O–H groups in total. The minimum Gasteiger partial charge on any atom is -0.494 e. The van der Waals surface area contributed by atoms with Gasteiger partial charge in [0.25, 0.3) is 5.91 Å². The summed E-state index contributed by atoms with van der Waals surface area (Å²) in [6.45, 7) is 0.856. The molecule has 32 heavy (non-hydrogen) atoms. The van der Waals surface area contributed by atoms with E-state index in [0.29, 0.717) is 23.3 Å². The summed E-state index contributed by atoms with van der Waals surface area (Å²) in [4.78, 5) is 24.5. The van der Waals surface area contributed by atoms with E-state index in [0.717, 1.165) is 29.5 Å². The van der Waals surface area contributed by atoms with Gasteiger partial charge in [-0.25, -0.2) is 4.79 Å². The Morgan fingerprint density at radius 3 is 2.41 bits per heavy atom. The molecule has 0 aliphatic carbocycles. The van der Waals surface area contributed by atoms with Gasteiger partial charge in [0.2, 0.25) is 0 Å². The third kappa shape index (κ3) is 6.95. The van der Waals surface area contributed by atoms with E-state index in [9.17, 15) is 9.59 Å². The second-order valence-corrected chi connectivity index (χ2v) is 8.21. The van der Waals surface area contributed by atoms with Gasteiger partial charge in [0.15, 0.2) is 0 Å². The SMILES string of the molecule is COC(=O)c1cc(Br)ccc1CNC(=O)c1ccc(OCCCCc2ccccc2)cc1. The summed E-state index contributed by atoms with van der Waals surface area (Å²) in [6.07, 6.45) is 3.07. The number of ether oxygens (including phenoxy) is 2. The maximum absolute atomic E-state index is 12.5. The van der Waals surface area contributed by atoms with Gasteiger partial charge in [-0.3, -0.25) is 4.79 Å². The predicted molar refractivity (Wildman–Crippen MR) is 128 cm³/mol. The van der Waals surface area contributed by atoms with Gasteiger partial charge in [-0.15, -0.1) is 0 Å². The normalized spacial score (nSPS) is 10.4. The monoisotopic (exact) mass is 495 g/mol. The van der Waals surface area contributed by atoms with Crippen LogP contribution in [0.15, 0.2) is 77.3 Å². The van der Waals surface area contributed by atoms with Gasteiger partial charge in [0.1, 0.15) is 5.75 Å². The lowest BCUT2D eigenvalue weighted by Crippen LogP contribution is -2.24. The van der Waals surface area contributed by atoms with Crippen LogP contribution in [-0.2, 0) is 17.7 Å². The zero-order valence-corrected chi connectivity index (χ0v) is 19.6. The fourth-order valence-electron chi connectivity index (χ4n) is 3.25. The molecule has 0 heterocycles. The third-order valence-corrected chi connectivity index (χ3v) is 5.50. The Hall–Kier alpha value is -3.12. The van der Waals surface area contributed by atoms with E-state index in [-0.39, 0.29) is 12.5 Å². The Morgan fingerprint density at radius 2 is 1.69 bits per heavy atom. The number of carbonyl (C=O) groups is 2. The summed E-state index contributed by atoms with van der Waals surface area (Å²) in [5.74, 6) is 0.0705. The molecule has 0 aliphatic heterocycles. The number of carbonyl (C=O) groups excluding carboxylic acids is 2. The minimum atomic E-state index is -0.444. The maximum Gasteiger partial charge on any atom is 0.338 e. The van der Waals surface area contributed by atoms with Gasteiger partial charge >= 0.3 is 5.97 Å². The molecular formula is C26H26BrNO4. The van der Waals surface area contributed by atoms with E-state index in [1.165, 1.54) is 12.7 Å². The molecule has 166 valence electrons. The fourth-order valence-corrected chi connectivity index (χ4v) is 3.61. The lowest BCUT2D eigenvalue weighted by atomic mass is 10.1. The summed E-state index contributed by atoms with van der Waals surface area (Å²) >= 11 is 3.35. The summed E-state index contributed by atoms with van der Waals surface area (Å²) in [5.41, 5.74) is 2.96. The Balaban J connectivity index is 1.45. The average molecular weight is 496 g/mol. The second kappa shape index (κ2) is 12.1.